The highest BCUT2D eigenvalue weighted by Crippen LogP contribution is 2.29. The Morgan fingerprint density at radius 3 is 2.65 bits per heavy atom. The molecule has 1 saturated heterocycles. The minimum absolute atomic E-state index is 0.0394. The Labute approximate surface area is 136 Å². The summed E-state index contributed by atoms with van der Waals surface area (Å²) >= 11 is 0. The molecule has 2 aliphatic heterocycles. The van der Waals surface area contributed by atoms with Crippen LogP contribution in [0.1, 0.15) is 42.3 Å². The lowest BCUT2D eigenvalue weighted by Crippen LogP contribution is -2.61. The van der Waals surface area contributed by atoms with Crippen molar-refractivity contribution in [2.75, 3.05) is 13.1 Å². The van der Waals surface area contributed by atoms with Gasteiger partial charge in [0.1, 0.15) is 5.60 Å². The molecule has 5 nitrogen and oxygen atoms in total. The van der Waals surface area contributed by atoms with Crippen LogP contribution in [-0.2, 0) is 11.3 Å². The van der Waals surface area contributed by atoms with Crippen LogP contribution in [0.5, 0.6) is 0 Å². The summed E-state index contributed by atoms with van der Waals surface area (Å²) in [5.41, 5.74) is 2.24. The van der Waals surface area contributed by atoms with Gasteiger partial charge in [-0.15, -0.1) is 0 Å². The molecule has 0 spiro atoms. The fraction of sp³-hybridized carbons (Fsp3) is 0.444. The van der Waals surface area contributed by atoms with Crippen molar-refractivity contribution in [2.45, 2.75) is 39.0 Å². The highest BCUT2D eigenvalue weighted by atomic mass is 16.6. The standard InChI is InChI=1S/C18H22N2O3/c1-5-12-6-7-13-9-20(16(21)15(13)8-12)14-10-19(11-14)17(22)23-18(2,3)4/h5-8,14H,1,9-11H2,2-4H3. The van der Waals surface area contributed by atoms with Gasteiger partial charge in [-0.25, -0.2) is 4.79 Å². The molecule has 0 saturated carbocycles. The lowest BCUT2D eigenvalue weighted by atomic mass is 10.1. The molecule has 3 rings (SSSR count). The molecule has 0 aromatic heterocycles. The van der Waals surface area contributed by atoms with Gasteiger partial charge >= 0.3 is 6.09 Å². The average Bonchev–Trinajstić information content (AvgIpc) is 2.72. The molecule has 0 aliphatic carbocycles. The van der Waals surface area contributed by atoms with Crippen LogP contribution < -0.4 is 0 Å². The molecule has 2 aliphatic rings. The molecule has 0 atom stereocenters. The van der Waals surface area contributed by atoms with Gasteiger partial charge in [0.2, 0.25) is 0 Å². The topological polar surface area (TPSA) is 49.9 Å². The van der Waals surface area contributed by atoms with Crippen LogP contribution in [0.3, 0.4) is 0 Å². The number of rotatable bonds is 2. The Morgan fingerprint density at radius 2 is 2.04 bits per heavy atom. The Balaban J connectivity index is 1.62. The maximum absolute atomic E-state index is 12.6. The Kier molecular flexibility index (Phi) is 3.66. The van der Waals surface area contributed by atoms with E-state index in [1.165, 1.54) is 0 Å². The van der Waals surface area contributed by atoms with Crippen LogP contribution in [0, 0.1) is 0 Å². The predicted octanol–water partition coefficient (Wildman–Crippen LogP) is 2.90. The second-order valence-electron chi connectivity index (χ2n) is 7.09. The van der Waals surface area contributed by atoms with E-state index in [9.17, 15) is 9.59 Å². The first-order chi connectivity index (χ1) is 10.8. The number of benzene rings is 1. The van der Waals surface area contributed by atoms with Crippen molar-refractivity contribution < 1.29 is 14.3 Å². The van der Waals surface area contributed by atoms with Crippen molar-refractivity contribution in [1.29, 1.82) is 0 Å². The van der Waals surface area contributed by atoms with Gasteiger partial charge in [-0.05, 0) is 38.0 Å². The van der Waals surface area contributed by atoms with Crippen molar-refractivity contribution in [1.82, 2.24) is 9.80 Å². The lowest BCUT2D eigenvalue weighted by molar-refractivity contribution is -0.0125. The molecular formula is C18H22N2O3. The Hall–Kier alpha value is -2.30. The van der Waals surface area contributed by atoms with Gasteiger partial charge in [-0.2, -0.15) is 0 Å². The van der Waals surface area contributed by atoms with Gasteiger partial charge in [-0.3, -0.25) is 4.79 Å². The number of nitrogens with zero attached hydrogens (tertiary/aromatic N) is 2. The third-order valence-electron chi connectivity index (χ3n) is 4.16. The summed E-state index contributed by atoms with van der Waals surface area (Å²) in [6.07, 6.45) is 1.43. The van der Waals surface area contributed by atoms with Crippen LogP contribution >= 0.6 is 0 Å². The molecule has 23 heavy (non-hydrogen) atoms. The van der Waals surface area contributed by atoms with Gasteiger partial charge in [0, 0.05) is 25.2 Å². The van der Waals surface area contributed by atoms with Crippen molar-refractivity contribution in [2.24, 2.45) is 0 Å². The number of ether oxygens (including phenoxy) is 1. The molecule has 0 unspecified atom stereocenters. The van der Waals surface area contributed by atoms with Crippen LogP contribution in [0.25, 0.3) is 6.08 Å². The fourth-order valence-corrected chi connectivity index (χ4v) is 2.89. The highest BCUT2D eigenvalue weighted by molar-refractivity contribution is 5.99. The van der Waals surface area contributed by atoms with Crippen molar-refractivity contribution in [3.63, 3.8) is 0 Å². The number of carbonyl (C=O) groups is 2. The number of likely N-dealkylation sites (tertiary alicyclic amines) is 1. The maximum Gasteiger partial charge on any atom is 0.410 e. The van der Waals surface area contributed by atoms with Crippen molar-refractivity contribution in [3.05, 3.63) is 41.5 Å². The zero-order valence-corrected chi connectivity index (χ0v) is 13.8. The zero-order chi connectivity index (χ0) is 16.8. The molecule has 2 heterocycles. The van der Waals surface area contributed by atoms with E-state index in [1.807, 2.05) is 43.9 Å². The molecule has 1 fully saturated rings. The normalized spacial score (nSPS) is 17.8. The van der Waals surface area contributed by atoms with Crippen LogP contribution in [0.2, 0.25) is 0 Å². The van der Waals surface area contributed by atoms with Gasteiger partial charge in [-0.1, -0.05) is 24.8 Å². The molecule has 5 heteroatoms. The lowest BCUT2D eigenvalue weighted by Gasteiger charge is -2.43. The third-order valence-corrected chi connectivity index (χ3v) is 4.16. The third kappa shape index (κ3) is 2.96. The van der Waals surface area contributed by atoms with E-state index < -0.39 is 5.60 Å². The number of hydrogen-bond donors (Lipinski definition) is 0. The summed E-state index contributed by atoms with van der Waals surface area (Å²) < 4.78 is 5.34. The second kappa shape index (κ2) is 5.41. The molecule has 1 aromatic carbocycles. The van der Waals surface area contributed by atoms with E-state index in [0.29, 0.717) is 19.6 Å². The van der Waals surface area contributed by atoms with Gasteiger partial charge in [0.25, 0.3) is 5.91 Å². The monoisotopic (exact) mass is 314 g/mol. The average molecular weight is 314 g/mol. The predicted molar refractivity (Wildman–Crippen MR) is 88.0 cm³/mol. The number of fused-ring (bicyclic) bond motifs is 1. The molecule has 1 aromatic rings. The molecule has 2 amide bonds. The first-order valence-corrected chi connectivity index (χ1v) is 7.83. The smallest absolute Gasteiger partial charge is 0.410 e. The number of hydrogen-bond acceptors (Lipinski definition) is 3. The van der Waals surface area contributed by atoms with Gasteiger partial charge in [0.05, 0.1) is 6.04 Å². The molecular weight excluding hydrogens is 292 g/mol. The van der Waals surface area contributed by atoms with Crippen LogP contribution in [0.15, 0.2) is 24.8 Å². The highest BCUT2D eigenvalue weighted by Gasteiger charge is 2.42. The molecule has 0 bridgehead atoms. The second-order valence-corrected chi connectivity index (χ2v) is 7.09. The van der Waals surface area contributed by atoms with E-state index >= 15 is 0 Å². The summed E-state index contributed by atoms with van der Waals surface area (Å²) in [5, 5.41) is 0. The number of amides is 2. The van der Waals surface area contributed by atoms with Gasteiger partial charge < -0.3 is 14.5 Å². The van der Waals surface area contributed by atoms with Gasteiger partial charge in [0.15, 0.2) is 0 Å². The quantitative estimate of drug-likeness (QED) is 0.843. The maximum atomic E-state index is 12.6. The number of carbonyl (C=O) groups excluding carboxylic acids is 2. The first kappa shape index (κ1) is 15.6. The minimum Gasteiger partial charge on any atom is -0.444 e. The zero-order valence-electron chi connectivity index (χ0n) is 13.8. The fourth-order valence-electron chi connectivity index (χ4n) is 2.89. The summed E-state index contributed by atoms with van der Waals surface area (Å²) in [5.74, 6) is 0.0394. The SMILES string of the molecule is C=Cc1ccc2c(c1)C(=O)N(C1CN(C(=O)OC(C)(C)C)C1)C2. The Morgan fingerprint density at radius 1 is 1.35 bits per heavy atom. The largest absolute Gasteiger partial charge is 0.444 e. The molecule has 0 N–H and O–H groups in total. The summed E-state index contributed by atoms with van der Waals surface area (Å²) in [6.45, 7) is 11.0. The van der Waals surface area contributed by atoms with E-state index in [0.717, 1.165) is 16.7 Å². The van der Waals surface area contributed by atoms with Crippen molar-refractivity contribution >= 4 is 18.1 Å². The van der Waals surface area contributed by atoms with Crippen LogP contribution in [-0.4, -0.2) is 46.5 Å². The molecule has 0 radical (unpaired) electrons. The first-order valence-electron chi connectivity index (χ1n) is 7.83. The Bertz CT molecular complexity index is 669. The van der Waals surface area contributed by atoms with E-state index in [1.54, 1.807) is 11.0 Å². The van der Waals surface area contributed by atoms with E-state index in [4.69, 9.17) is 4.74 Å². The van der Waals surface area contributed by atoms with E-state index in [2.05, 4.69) is 6.58 Å². The summed E-state index contributed by atoms with van der Waals surface area (Å²) in [7, 11) is 0. The summed E-state index contributed by atoms with van der Waals surface area (Å²) in [4.78, 5) is 28.0. The summed E-state index contributed by atoms with van der Waals surface area (Å²) in [6, 6.07) is 5.90. The molecule has 122 valence electrons. The van der Waals surface area contributed by atoms with E-state index in [-0.39, 0.29) is 18.0 Å². The van der Waals surface area contributed by atoms with Crippen LogP contribution in [0.4, 0.5) is 4.79 Å². The van der Waals surface area contributed by atoms with Crippen molar-refractivity contribution in [3.8, 4) is 0 Å². The minimum atomic E-state index is -0.497.